The van der Waals surface area contributed by atoms with Gasteiger partial charge in [0.05, 0.1) is 6.54 Å². The first-order valence-electron chi connectivity index (χ1n) is 7.41. The molecule has 22 heavy (non-hydrogen) atoms. The highest BCUT2D eigenvalue weighted by molar-refractivity contribution is 7.09. The van der Waals surface area contributed by atoms with Crippen molar-refractivity contribution in [1.82, 2.24) is 10.6 Å². The third-order valence-electron chi connectivity index (χ3n) is 3.28. The number of hydrogen-bond donors (Lipinski definition) is 3. The van der Waals surface area contributed by atoms with Gasteiger partial charge in [0.2, 0.25) is 0 Å². The number of aliphatic imine (C=N–C) groups is 1. The van der Waals surface area contributed by atoms with E-state index < -0.39 is 5.60 Å². The van der Waals surface area contributed by atoms with E-state index in [9.17, 15) is 5.11 Å². The molecule has 120 valence electrons. The minimum absolute atomic E-state index is 0.331. The van der Waals surface area contributed by atoms with Crippen molar-refractivity contribution in [3.63, 3.8) is 0 Å². The van der Waals surface area contributed by atoms with Crippen LogP contribution in [0.25, 0.3) is 0 Å². The van der Waals surface area contributed by atoms with Crippen molar-refractivity contribution < 1.29 is 5.11 Å². The van der Waals surface area contributed by atoms with Crippen molar-refractivity contribution >= 4 is 28.6 Å². The first-order valence-corrected chi connectivity index (χ1v) is 9.23. The normalized spacial score (nSPS) is 14.6. The van der Waals surface area contributed by atoms with Gasteiger partial charge in [0.15, 0.2) is 5.96 Å². The van der Waals surface area contributed by atoms with Gasteiger partial charge in [-0.2, -0.15) is 11.3 Å². The number of nitrogens with zero attached hydrogens (tertiary/aromatic N) is 1. The molecule has 0 spiro atoms. The summed E-state index contributed by atoms with van der Waals surface area (Å²) in [6.07, 6.45) is 0.975. The van der Waals surface area contributed by atoms with Gasteiger partial charge in [0.25, 0.3) is 0 Å². The van der Waals surface area contributed by atoms with E-state index in [0.29, 0.717) is 6.54 Å². The predicted octanol–water partition coefficient (Wildman–Crippen LogP) is 2.81. The Kier molecular flexibility index (Phi) is 6.42. The summed E-state index contributed by atoms with van der Waals surface area (Å²) in [5.41, 5.74) is -0.0218. The maximum Gasteiger partial charge on any atom is 0.191 e. The van der Waals surface area contributed by atoms with Crippen LogP contribution in [0.5, 0.6) is 0 Å². The zero-order valence-electron chi connectivity index (χ0n) is 13.0. The summed E-state index contributed by atoms with van der Waals surface area (Å²) in [5.74, 6) is 0.745. The molecule has 2 aromatic rings. The van der Waals surface area contributed by atoms with Crippen LogP contribution in [0.4, 0.5) is 0 Å². The average molecular weight is 338 g/mol. The van der Waals surface area contributed by atoms with Crippen molar-refractivity contribution in [2.45, 2.75) is 25.9 Å². The lowest BCUT2D eigenvalue weighted by Gasteiger charge is -2.21. The number of nitrogens with one attached hydrogen (secondary N) is 2. The number of guanidine groups is 1. The Bertz CT molecular complexity index is 562. The van der Waals surface area contributed by atoms with Gasteiger partial charge in [-0.15, -0.1) is 11.3 Å². The Morgan fingerprint density at radius 3 is 2.82 bits per heavy atom. The zero-order valence-corrected chi connectivity index (χ0v) is 14.6. The lowest BCUT2D eigenvalue weighted by molar-refractivity contribution is 0.0677. The molecule has 1 atom stereocenters. The molecule has 0 aliphatic heterocycles. The second kappa shape index (κ2) is 8.31. The summed E-state index contributed by atoms with van der Waals surface area (Å²) in [6.45, 7) is 5.79. The molecule has 0 saturated heterocycles. The molecule has 2 heterocycles. The molecule has 0 saturated carbocycles. The molecule has 0 fully saturated rings. The number of rotatable bonds is 7. The predicted molar refractivity (Wildman–Crippen MR) is 95.9 cm³/mol. The second-order valence-corrected chi connectivity index (χ2v) is 7.05. The van der Waals surface area contributed by atoms with Crippen LogP contribution in [0, 0.1) is 0 Å². The molecule has 0 aliphatic carbocycles. The van der Waals surface area contributed by atoms with Crippen LogP contribution in [-0.2, 0) is 12.0 Å². The van der Waals surface area contributed by atoms with Crippen molar-refractivity contribution in [3.05, 3.63) is 44.8 Å². The van der Waals surface area contributed by atoms with Crippen molar-refractivity contribution in [3.8, 4) is 0 Å². The van der Waals surface area contributed by atoms with E-state index in [1.807, 2.05) is 23.8 Å². The molecule has 6 heteroatoms. The molecule has 4 nitrogen and oxygen atoms in total. The first kappa shape index (κ1) is 17.0. The monoisotopic (exact) mass is 337 g/mol. The largest absolute Gasteiger partial charge is 0.383 e. The molecule has 0 bridgehead atoms. The first-order chi connectivity index (χ1) is 10.6. The van der Waals surface area contributed by atoms with Gasteiger partial charge in [-0.3, -0.25) is 0 Å². The van der Waals surface area contributed by atoms with Crippen molar-refractivity contribution in [2.75, 3.05) is 19.6 Å². The van der Waals surface area contributed by atoms with E-state index in [1.54, 1.807) is 29.6 Å². The number of aliphatic hydroxyl groups is 1. The van der Waals surface area contributed by atoms with Gasteiger partial charge in [0, 0.05) is 18.0 Å². The Balaban J connectivity index is 1.89. The van der Waals surface area contributed by atoms with Gasteiger partial charge >= 0.3 is 0 Å². The third kappa shape index (κ3) is 5.12. The minimum Gasteiger partial charge on any atom is -0.383 e. The fourth-order valence-corrected chi connectivity index (χ4v) is 3.49. The van der Waals surface area contributed by atoms with Crippen LogP contribution in [0.3, 0.4) is 0 Å². The van der Waals surface area contributed by atoms with Crippen molar-refractivity contribution in [1.29, 1.82) is 0 Å². The van der Waals surface area contributed by atoms with Gasteiger partial charge in [0.1, 0.15) is 5.60 Å². The van der Waals surface area contributed by atoms with Crippen LogP contribution < -0.4 is 10.6 Å². The minimum atomic E-state index is -0.934. The SMILES string of the molecule is CCNC(=NCC(C)(O)c1ccsc1)NCCc1cccs1. The second-order valence-electron chi connectivity index (χ2n) is 5.24. The summed E-state index contributed by atoms with van der Waals surface area (Å²) >= 11 is 3.35. The summed E-state index contributed by atoms with van der Waals surface area (Å²) < 4.78 is 0. The quantitative estimate of drug-likeness (QED) is 0.538. The summed E-state index contributed by atoms with van der Waals surface area (Å²) in [7, 11) is 0. The Hall–Kier alpha value is -1.37. The molecule has 2 aromatic heterocycles. The summed E-state index contributed by atoms with van der Waals surface area (Å²) in [5, 5.41) is 23.1. The lowest BCUT2D eigenvalue weighted by atomic mass is 10.00. The van der Waals surface area contributed by atoms with E-state index in [-0.39, 0.29) is 0 Å². The van der Waals surface area contributed by atoms with Crippen molar-refractivity contribution in [2.24, 2.45) is 4.99 Å². The number of thiophene rings is 2. The van der Waals surface area contributed by atoms with E-state index in [1.165, 1.54) is 4.88 Å². The fraction of sp³-hybridized carbons (Fsp3) is 0.438. The zero-order chi connectivity index (χ0) is 15.8. The maximum atomic E-state index is 10.5. The topological polar surface area (TPSA) is 56.7 Å². The molecule has 2 rings (SSSR count). The molecular formula is C16H23N3OS2. The molecule has 3 N–H and O–H groups in total. The summed E-state index contributed by atoms with van der Waals surface area (Å²) in [4.78, 5) is 5.87. The van der Waals surface area contributed by atoms with Crippen LogP contribution in [-0.4, -0.2) is 30.7 Å². The van der Waals surface area contributed by atoms with E-state index in [4.69, 9.17) is 0 Å². The van der Waals surface area contributed by atoms with Gasteiger partial charge in [-0.1, -0.05) is 6.07 Å². The van der Waals surface area contributed by atoms with E-state index in [0.717, 1.165) is 31.0 Å². The Morgan fingerprint density at radius 2 is 2.18 bits per heavy atom. The Morgan fingerprint density at radius 1 is 1.32 bits per heavy atom. The Labute approximate surface area is 139 Å². The molecule has 0 radical (unpaired) electrons. The smallest absolute Gasteiger partial charge is 0.191 e. The van der Waals surface area contributed by atoms with Crippen LogP contribution >= 0.6 is 22.7 Å². The summed E-state index contributed by atoms with van der Waals surface area (Å²) in [6, 6.07) is 6.15. The highest BCUT2D eigenvalue weighted by Gasteiger charge is 2.23. The standard InChI is InChI=1S/C16H23N3OS2/c1-3-17-15(18-8-6-14-5-4-9-22-14)19-12-16(2,20)13-7-10-21-11-13/h4-5,7,9-11,20H,3,6,8,12H2,1-2H3,(H2,17,18,19). The van der Waals surface area contributed by atoms with E-state index >= 15 is 0 Å². The van der Waals surface area contributed by atoms with Crippen LogP contribution in [0.2, 0.25) is 0 Å². The fourth-order valence-electron chi connectivity index (χ4n) is 2.00. The molecule has 1 unspecified atom stereocenters. The van der Waals surface area contributed by atoms with Crippen LogP contribution in [0.1, 0.15) is 24.3 Å². The van der Waals surface area contributed by atoms with Crippen LogP contribution in [0.15, 0.2) is 39.3 Å². The molecule has 0 aliphatic rings. The third-order valence-corrected chi connectivity index (χ3v) is 4.90. The van der Waals surface area contributed by atoms with Gasteiger partial charge in [-0.25, -0.2) is 4.99 Å². The average Bonchev–Trinajstić information content (AvgIpc) is 3.18. The highest BCUT2D eigenvalue weighted by atomic mass is 32.1. The highest BCUT2D eigenvalue weighted by Crippen LogP contribution is 2.23. The lowest BCUT2D eigenvalue weighted by Crippen LogP contribution is -2.39. The van der Waals surface area contributed by atoms with Gasteiger partial charge in [-0.05, 0) is 54.1 Å². The van der Waals surface area contributed by atoms with E-state index in [2.05, 4.69) is 33.1 Å². The number of hydrogen-bond acceptors (Lipinski definition) is 4. The maximum absolute atomic E-state index is 10.5. The molecule has 0 amide bonds. The molecule has 0 aromatic carbocycles. The molecular weight excluding hydrogens is 314 g/mol. The van der Waals surface area contributed by atoms with Gasteiger partial charge < -0.3 is 15.7 Å².